The van der Waals surface area contributed by atoms with Crippen LogP contribution in [0.15, 0.2) is 24.3 Å². The van der Waals surface area contributed by atoms with Crippen LogP contribution in [-0.4, -0.2) is 42.5 Å². The van der Waals surface area contributed by atoms with Gasteiger partial charge in [-0.15, -0.1) is 5.56 Å². The van der Waals surface area contributed by atoms with E-state index >= 15 is 0 Å². The Morgan fingerprint density at radius 3 is 2.35 bits per heavy atom. The molecule has 0 saturated carbocycles. The van der Waals surface area contributed by atoms with Crippen molar-refractivity contribution in [2.24, 2.45) is 0 Å². The van der Waals surface area contributed by atoms with Gasteiger partial charge in [-0.2, -0.15) is 30.3 Å². The summed E-state index contributed by atoms with van der Waals surface area (Å²) in [4.78, 5) is 5.02. The number of likely N-dealkylation sites (N-methyl/N-ethyl adjacent to an activating group) is 1. The molecular formula is C13H19BrN2Zn. The molecule has 0 atom stereocenters. The molecule has 2 rings (SSSR count). The van der Waals surface area contributed by atoms with E-state index in [1.807, 2.05) is 12.1 Å². The van der Waals surface area contributed by atoms with Gasteiger partial charge in [0.15, 0.2) is 0 Å². The molecule has 1 aromatic carbocycles. The molecule has 17 heavy (non-hydrogen) atoms. The molecule has 1 aromatic rings. The Morgan fingerprint density at radius 1 is 1.18 bits per heavy atom. The standard InChI is InChI=1S/C13H19N2.BrH.Zn/c1-2-14-8-10-15(11-9-14)12-13-6-4-3-5-7-13;;/h3-6H,2,8-12H2,1H3;1H;/q-1;;+2/p-1. The number of nitrogens with zero attached hydrogens (tertiary/aromatic N) is 2. The Morgan fingerprint density at radius 2 is 1.82 bits per heavy atom. The monoisotopic (exact) mass is 346 g/mol. The predicted molar refractivity (Wildman–Crippen MR) is 71.6 cm³/mol. The minimum atomic E-state index is 1.05. The van der Waals surface area contributed by atoms with E-state index in [1.165, 1.54) is 54.6 Å². The second-order valence-electron chi connectivity index (χ2n) is 4.10. The van der Waals surface area contributed by atoms with Crippen LogP contribution in [0.4, 0.5) is 0 Å². The fraction of sp³-hybridized carbons (Fsp3) is 0.538. The van der Waals surface area contributed by atoms with Crippen LogP contribution in [0.2, 0.25) is 0 Å². The van der Waals surface area contributed by atoms with Crippen molar-refractivity contribution in [2.75, 3.05) is 32.7 Å². The van der Waals surface area contributed by atoms with Crippen LogP contribution in [0.5, 0.6) is 0 Å². The Kier molecular flexibility index (Phi) is 8.29. The molecule has 1 heterocycles. The number of benzene rings is 1. The van der Waals surface area contributed by atoms with E-state index in [0.29, 0.717) is 0 Å². The van der Waals surface area contributed by atoms with Crippen LogP contribution < -0.4 is 0 Å². The zero-order chi connectivity index (χ0) is 12.5. The van der Waals surface area contributed by atoms with Crippen molar-refractivity contribution in [3.05, 3.63) is 35.9 Å². The van der Waals surface area contributed by atoms with Crippen molar-refractivity contribution in [2.45, 2.75) is 13.5 Å². The third kappa shape index (κ3) is 5.61. The molecule has 1 saturated heterocycles. The Hall–Kier alpha value is 0.243. The van der Waals surface area contributed by atoms with E-state index in [2.05, 4.69) is 48.5 Å². The molecule has 1 aliphatic rings. The van der Waals surface area contributed by atoms with Crippen molar-refractivity contribution >= 4 is 13.6 Å². The Labute approximate surface area is 121 Å². The van der Waals surface area contributed by atoms with Crippen LogP contribution in [0.25, 0.3) is 0 Å². The number of hydrogen-bond donors (Lipinski definition) is 0. The van der Waals surface area contributed by atoms with E-state index in [-0.39, 0.29) is 0 Å². The summed E-state index contributed by atoms with van der Waals surface area (Å²) in [7, 11) is 0. The van der Waals surface area contributed by atoms with Gasteiger partial charge in [0.2, 0.25) is 0 Å². The van der Waals surface area contributed by atoms with E-state index < -0.39 is 0 Å². The molecule has 0 bridgehead atoms. The van der Waals surface area contributed by atoms with E-state index in [0.717, 1.165) is 6.54 Å². The summed E-state index contributed by atoms with van der Waals surface area (Å²) >= 11 is 4.25. The van der Waals surface area contributed by atoms with Crippen molar-refractivity contribution in [1.82, 2.24) is 9.80 Å². The third-order valence-corrected chi connectivity index (χ3v) is 3.08. The van der Waals surface area contributed by atoms with Gasteiger partial charge in [-0.05, 0) is 6.54 Å². The first-order valence-electron chi connectivity index (χ1n) is 6.05. The van der Waals surface area contributed by atoms with E-state index in [9.17, 15) is 0 Å². The van der Waals surface area contributed by atoms with Gasteiger partial charge in [0.25, 0.3) is 0 Å². The first-order chi connectivity index (χ1) is 8.38. The maximum atomic E-state index is 3.29. The second kappa shape index (κ2) is 9.21. The van der Waals surface area contributed by atoms with E-state index in [1.54, 1.807) is 0 Å². The first kappa shape index (κ1) is 15.3. The molecule has 2 nitrogen and oxygen atoms in total. The van der Waals surface area contributed by atoms with E-state index in [4.69, 9.17) is 0 Å². The zero-order valence-electron chi connectivity index (χ0n) is 10.5. The molecule has 0 radical (unpaired) electrons. The quantitative estimate of drug-likeness (QED) is 0.612. The van der Waals surface area contributed by atoms with Gasteiger partial charge in [-0.25, -0.2) is 0 Å². The minimum absolute atomic E-state index is 1.05. The number of hydrogen-bond acceptors (Lipinski definition) is 2. The molecule has 0 aliphatic carbocycles. The SMILES string of the molecule is CCN1CCN(Cc2[c-]cccc2)CC1.[Zn+][Br]. The molecule has 1 fully saturated rings. The molecule has 0 aromatic heterocycles. The summed E-state index contributed by atoms with van der Waals surface area (Å²) in [6.45, 7) is 9.28. The molecule has 0 amide bonds. The van der Waals surface area contributed by atoms with Gasteiger partial charge < -0.3 is 4.90 Å². The average Bonchev–Trinajstić information content (AvgIpc) is 2.43. The van der Waals surface area contributed by atoms with Crippen LogP contribution in [0.3, 0.4) is 0 Å². The second-order valence-corrected chi connectivity index (χ2v) is 4.10. The van der Waals surface area contributed by atoms with Gasteiger partial charge in [0, 0.05) is 32.7 Å². The van der Waals surface area contributed by atoms with Gasteiger partial charge in [0.05, 0.1) is 0 Å². The molecule has 1 aliphatic heterocycles. The van der Waals surface area contributed by atoms with Crippen molar-refractivity contribution < 1.29 is 16.3 Å². The number of piperazine rings is 1. The summed E-state index contributed by atoms with van der Waals surface area (Å²) < 4.78 is 0. The van der Waals surface area contributed by atoms with Crippen molar-refractivity contribution in [3.8, 4) is 0 Å². The van der Waals surface area contributed by atoms with Crippen LogP contribution >= 0.6 is 13.6 Å². The summed E-state index contributed by atoms with van der Waals surface area (Å²) in [6.07, 6.45) is 0. The summed E-state index contributed by atoms with van der Waals surface area (Å²) in [5.74, 6) is 0. The Bertz CT molecular complexity index is 287. The average molecular weight is 349 g/mol. The van der Waals surface area contributed by atoms with Gasteiger partial charge in [-0.3, -0.25) is 4.90 Å². The third-order valence-electron chi connectivity index (χ3n) is 3.08. The van der Waals surface area contributed by atoms with Crippen molar-refractivity contribution in [3.63, 3.8) is 0 Å². The first-order valence-corrected chi connectivity index (χ1v) is 13.0. The van der Waals surface area contributed by atoms with Crippen molar-refractivity contribution in [1.29, 1.82) is 0 Å². The molecule has 0 spiro atoms. The summed E-state index contributed by atoms with van der Waals surface area (Å²) in [5, 5.41) is 0. The topological polar surface area (TPSA) is 6.48 Å². The number of halogens is 1. The van der Waals surface area contributed by atoms with Crippen LogP contribution in [-0.2, 0) is 22.9 Å². The molecule has 90 valence electrons. The maximum absolute atomic E-state index is 3.29. The summed E-state index contributed by atoms with van der Waals surface area (Å²) in [6, 6.07) is 11.6. The van der Waals surface area contributed by atoms with Gasteiger partial charge >= 0.3 is 30.0 Å². The zero-order valence-corrected chi connectivity index (χ0v) is 15.1. The molecule has 0 unspecified atom stereocenters. The fourth-order valence-corrected chi connectivity index (χ4v) is 2.03. The molecule has 0 N–H and O–H groups in total. The Balaban J connectivity index is 0.000000686. The molecular weight excluding hydrogens is 329 g/mol. The van der Waals surface area contributed by atoms with Gasteiger partial charge in [-0.1, -0.05) is 6.92 Å². The van der Waals surface area contributed by atoms with Crippen LogP contribution in [0, 0.1) is 6.07 Å². The summed E-state index contributed by atoms with van der Waals surface area (Å²) in [5.41, 5.74) is 1.31. The molecule has 4 heteroatoms. The van der Waals surface area contributed by atoms with Crippen LogP contribution in [0.1, 0.15) is 12.5 Å². The normalized spacial score (nSPS) is 17.4. The fourth-order valence-electron chi connectivity index (χ4n) is 2.03. The predicted octanol–water partition coefficient (Wildman–Crippen LogP) is 2.47. The number of rotatable bonds is 3. The van der Waals surface area contributed by atoms with Gasteiger partial charge in [0.1, 0.15) is 0 Å².